The zero-order chi connectivity index (χ0) is 20.6. The average molecular weight is 404 g/mol. The van der Waals surface area contributed by atoms with Crippen molar-refractivity contribution in [2.75, 3.05) is 18.1 Å². The molecular weight excluding hydrogens is 378 g/mol. The number of aromatic nitrogens is 1. The summed E-state index contributed by atoms with van der Waals surface area (Å²) in [6.45, 7) is 7.18. The number of ketones is 1. The second-order valence-electron chi connectivity index (χ2n) is 7.51. The van der Waals surface area contributed by atoms with Gasteiger partial charge in [-0.2, -0.15) is 0 Å². The molecule has 1 fully saturated rings. The summed E-state index contributed by atoms with van der Waals surface area (Å²) in [6, 6.07) is 6.86. The number of carbonyl (C=O) groups excluding carboxylic acids is 2. The lowest BCUT2D eigenvalue weighted by atomic mass is 10.1. The molecule has 6 nitrogen and oxygen atoms in total. The largest absolute Gasteiger partial charge is 0.454 e. The molecule has 1 aromatic carbocycles. The molecule has 0 unspecified atom stereocenters. The van der Waals surface area contributed by atoms with Crippen LogP contribution >= 0.6 is 0 Å². The molecule has 0 bridgehead atoms. The van der Waals surface area contributed by atoms with Crippen LogP contribution in [0.15, 0.2) is 24.3 Å². The molecule has 2 aromatic rings. The number of hydrogen-bond donors (Lipinski definition) is 0. The molecule has 1 aromatic heterocycles. The third-order valence-corrected chi connectivity index (χ3v) is 7.19. The average Bonchev–Trinajstić information content (AvgIpc) is 3.13. The van der Waals surface area contributed by atoms with Gasteiger partial charge in [-0.25, -0.2) is 13.2 Å². The number of ether oxygens (including phenoxy) is 1. The number of hydrogen-bond acceptors (Lipinski definition) is 5. The van der Waals surface area contributed by atoms with Gasteiger partial charge in [0.25, 0.3) is 0 Å². The van der Waals surface area contributed by atoms with Crippen molar-refractivity contribution >= 4 is 21.6 Å². The Hall–Kier alpha value is -2.41. The van der Waals surface area contributed by atoms with Gasteiger partial charge in [-0.15, -0.1) is 0 Å². The van der Waals surface area contributed by atoms with E-state index in [9.17, 15) is 18.0 Å². The van der Waals surface area contributed by atoms with E-state index in [1.54, 1.807) is 25.1 Å². The van der Waals surface area contributed by atoms with E-state index in [0.717, 1.165) is 16.8 Å². The van der Waals surface area contributed by atoms with Crippen LogP contribution in [-0.4, -0.2) is 42.9 Å². The van der Waals surface area contributed by atoms with Crippen LogP contribution in [0.4, 0.5) is 0 Å². The summed E-state index contributed by atoms with van der Waals surface area (Å²) in [7, 11) is -3.02. The number of nitrogens with zero attached hydrogens (tertiary/aromatic N) is 1. The third-order valence-electron chi connectivity index (χ3n) is 5.44. The first-order valence-corrected chi connectivity index (χ1v) is 11.1. The Morgan fingerprint density at radius 2 is 1.82 bits per heavy atom. The Kier molecular flexibility index (Phi) is 5.48. The summed E-state index contributed by atoms with van der Waals surface area (Å²) >= 11 is 0. The molecule has 1 aliphatic rings. The van der Waals surface area contributed by atoms with Crippen LogP contribution < -0.4 is 0 Å². The highest BCUT2D eigenvalue weighted by Crippen LogP contribution is 2.29. The number of sulfone groups is 1. The first-order valence-electron chi connectivity index (χ1n) is 9.25. The molecule has 3 rings (SSSR count). The van der Waals surface area contributed by atoms with E-state index in [1.165, 1.54) is 0 Å². The second kappa shape index (κ2) is 7.54. The maximum atomic E-state index is 12.6. The SMILES string of the molecule is Cc1ccc(C(=O)OCC(=O)c2cc(C)n([C@@H]3CCS(=O)(=O)C3)c2C)cc1C. The van der Waals surface area contributed by atoms with Gasteiger partial charge in [0.1, 0.15) is 0 Å². The van der Waals surface area contributed by atoms with Gasteiger partial charge in [0.15, 0.2) is 16.4 Å². The number of aryl methyl sites for hydroxylation is 3. The monoisotopic (exact) mass is 403 g/mol. The molecule has 0 saturated carbocycles. The molecule has 0 spiro atoms. The summed E-state index contributed by atoms with van der Waals surface area (Å²) in [6.07, 6.45) is 0.550. The maximum absolute atomic E-state index is 12.6. The fraction of sp³-hybridized carbons (Fsp3) is 0.429. The Morgan fingerprint density at radius 3 is 2.43 bits per heavy atom. The van der Waals surface area contributed by atoms with E-state index in [0.29, 0.717) is 23.2 Å². The predicted octanol–water partition coefficient (Wildman–Crippen LogP) is 3.12. The molecule has 0 N–H and O–H groups in total. The van der Waals surface area contributed by atoms with Crippen LogP contribution in [0.25, 0.3) is 0 Å². The first kappa shape index (κ1) is 20.3. The molecule has 1 saturated heterocycles. The number of carbonyl (C=O) groups is 2. The van der Waals surface area contributed by atoms with Crippen molar-refractivity contribution in [3.8, 4) is 0 Å². The van der Waals surface area contributed by atoms with E-state index < -0.39 is 15.8 Å². The van der Waals surface area contributed by atoms with Crippen LogP contribution in [0.3, 0.4) is 0 Å². The third kappa shape index (κ3) is 4.04. The molecule has 0 radical (unpaired) electrons. The number of rotatable bonds is 5. The molecule has 7 heteroatoms. The molecule has 0 aliphatic carbocycles. The van der Waals surface area contributed by atoms with Crippen molar-refractivity contribution < 1.29 is 22.7 Å². The minimum Gasteiger partial charge on any atom is -0.454 e. The lowest BCUT2D eigenvalue weighted by Crippen LogP contribution is -2.17. The van der Waals surface area contributed by atoms with Gasteiger partial charge in [0.2, 0.25) is 5.78 Å². The van der Waals surface area contributed by atoms with Crippen LogP contribution in [0.5, 0.6) is 0 Å². The van der Waals surface area contributed by atoms with Gasteiger partial charge in [-0.05, 0) is 63.4 Å². The topological polar surface area (TPSA) is 82.4 Å². The fourth-order valence-corrected chi connectivity index (χ4v) is 5.46. The van der Waals surface area contributed by atoms with Crippen molar-refractivity contribution in [3.63, 3.8) is 0 Å². The highest BCUT2D eigenvalue weighted by atomic mass is 32.2. The van der Waals surface area contributed by atoms with E-state index in [1.807, 2.05) is 31.4 Å². The molecule has 0 amide bonds. The lowest BCUT2D eigenvalue weighted by molar-refractivity contribution is 0.0474. The number of Topliss-reactive ketones (excluding diaryl/α,β-unsaturated/α-hetero) is 1. The summed E-state index contributed by atoms with van der Waals surface area (Å²) in [5.74, 6) is -0.561. The second-order valence-corrected chi connectivity index (χ2v) is 9.74. The van der Waals surface area contributed by atoms with Crippen molar-refractivity contribution in [1.29, 1.82) is 0 Å². The highest BCUT2D eigenvalue weighted by Gasteiger charge is 2.31. The summed E-state index contributed by atoms with van der Waals surface area (Å²) < 4.78 is 30.7. The first-order chi connectivity index (χ1) is 13.1. The molecule has 2 heterocycles. The molecular formula is C21H25NO5S. The molecule has 150 valence electrons. The molecule has 1 aliphatic heterocycles. The normalized spacial score (nSPS) is 18.2. The minimum atomic E-state index is -3.02. The van der Waals surface area contributed by atoms with Gasteiger partial charge in [0.05, 0.1) is 17.1 Å². The van der Waals surface area contributed by atoms with Crippen molar-refractivity contribution in [3.05, 3.63) is 57.9 Å². The van der Waals surface area contributed by atoms with E-state index in [4.69, 9.17) is 4.74 Å². The van der Waals surface area contributed by atoms with Crippen molar-refractivity contribution in [2.24, 2.45) is 0 Å². The Labute approximate surface area is 165 Å². The Morgan fingerprint density at radius 1 is 1.11 bits per heavy atom. The van der Waals surface area contributed by atoms with Crippen molar-refractivity contribution in [1.82, 2.24) is 4.57 Å². The number of benzene rings is 1. The van der Waals surface area contributed by atoms with Crippen LogP contribution in [-0.2, 0) is 14.6 Å². The van der Waals surface area contributed by atoms with Crippen LogP contribution in [0, 0.1) is 27.7 Å². The van der Waals surface area contributed by atoms with E-state index in [2.05, 4.69) is 0 Å². The highest BCUT2D eigenvalue weighted by molar-refractivity contribution is 7.91. The van der Waals surface area contributed by atoms with Crippen LogP contribution in [0.1, 0.15) is 55.7 Å². The van der Waals surface area contributed by atoms with Crippen LogP contribution in [0.2, 0.25) is 0 Å². The zero-order valence-corrected chi connectivity index (χ0v) is 17.4. The minimum absolute atomic E-state index is 0.0960. The number of esters is 1. The lowest BCUT2D eigenvalue weighted by Gasteiger charge is -2.16. The summed E-state index contributed by atoms with van der Waals surface area (Å²) in [5, 5.41) is 0. The van der Waals surface area contributed by atoms with Gasteiger partial charge >= 0.3 is 5.97 Å². The van der Waals surface area contributed by atoms with Gasteiger partial charge in [-0.3, -0.25) is 4.79 Å². The standard InChI is InChI=1S/C21H25NO5S/c1-13-5-6-17(9-14(13)2)21(24)27-11-20(23)19-10-15(3)22(16(19)4)18-7-8-28(25,26)12-18/h5-6,9-10,18H,7-8,11-12H2,1-4H3/t18-/m1/s1. The van der Waals surface area contributed by atoms with Gasteiger partial charge < -0.3 is 9.30 Å². The Bertz CT molecular complexity index is 1050. The fourth-order valence-electron chi connectivity index (χ4n) is 3.76. The Balaban J connectivity index is 1.72. The van der Waals surface area contributed by atoms with E-state index in [-0.39, 0.29) is 29.9 Å². The smallest absolute Gasteiger partial charge is 0.338 e. The van der Waals surface area contributed by atoms with Crippen molar-refractivity contribution in [2.45, 2.75) is 40.2 Å². The summed E-state index contributed by atoms with van der Waals surface area (Å²) in [5.41, 5.74) is 4.49. The van der Waals surface area contributed by atoms with Gasteiger partial charge in [0, 0.05) is 23.0 Å². The molecule has 28 heavy (non-hydrogen) atoms. The maximum Gasteiger partial charge on any atom is 0.338 e. The van der Waals surface area contributed by atoms with E-state index >= 15 is 0 Å². The molecule has 1 atom stereocenters. The predicted molar refractivity (Wildman–Crippen MR) is 107 cm³/mol. The zero-order valence-electron chi connectivity index (χ0n) is 16.6. The quantitative estimate of drug-likeness (QED) is 0.566. The summed E-state index contributed by atoms with van der Waals surface area (Å²) in [4.78, 5) is 24.9. The van der Waals surface area contributed by atoms with Gasteiger partial charge in [-0.1, -0.05) is 6.07 Å².